The fourth-order valence-electron chi connectivity index (χ4n) is 1.25. The topological polar surface area (TPSA) is 75.1 Å². The van der Waals surface area contributed by atoms with Crippen molar-refractivity contribution in [3.8, 4) is 10.6 Å². The van der Waals surface area contributed by atoms with Crippen LogP contribution in [0.25, 0.3) is 10.6 Å². The molecule has 88 valence electrons. The van der Waals surface area contributed by atoms with Crippen LogP contribution in [0.2, 0.25) is 0 Å². The van der Waals surface area contributed by atoms with Crippen LogP contribution in [0.1, 0.15) is 6.92 Å². The minimum absolute atomic E-state index is 0.459. The van der Waals surface area contributed by atoms with Crippen LogP contribution in [0.15, 0.2) is 29.6 Å². The molecule has 0 saturated carbocycles. The summed E-state index contributed by atoms with van der Waals surface area (Å²) in [6.45, 7) is 1.55. The summed E-state index contributed by atoms with van der Waals surface area (Å²) in [6.07, 6.45) is 0. The monoisotopic (exact) mass is 249 g/mol. The van der Waals surface area contributed by atoms with Gasteiger partial charge in [0.05, 0.1) is 4.88 Å². The number of nitrogens with zero attached hydrogens (tertiary/aromatic N) is 2. The minimum atomic E-state index is -0.922. The highest BCUT2D eigenvalue weighted by Crippen LogP contribution is 2.22. The van der Waals surface area contributed by atoms with E-state index in [1.807, 2.05) is 23.6 Å². The van der Waals surface area contributed by atoms with Gasteiger partial charge in [-0.05, 0) is 30.5 Å². The molecule has 0 aliphatic carbocycles. The first-order valence-electron chi connectivity index (χ1n) is 5.04. The summed E-state index contributed by atoms with van der Waals surface area (Å²) < 4.78 is 0. The Kier molecular flexibility index (Phi) is 3.34. The van der Waals surface area contributed by atoms with E-state index in [4.69, 9.17) is 5.11 Å². The number of anilines is 1. The standard InChI is InChI=1S/C11H11N3O2S/c1-7(11(15)16)12-10-5-4-8(13-14-10)9-3-2-6-17-9/h2-7H,1H3,(H,12,14)(H,15,16). The number of carboxylic acid groups (broad SMARTS) is 1. The quantitative estimate of drug-likeness (QED) is 0.867. The minimum Gasteiger partial charge on any atom is -0.480 e. The zero-order chi connectivity index (χ0) is 12.3. The average molecular weight is 249 g/mol. The maximum Gasteiger partial charge on any atom is 0.325 e. The third-order valence-electron chi connectivity index (χ3n) is 2.17. The van der Waals surface area contributed by atoms with Crippen LogP contribution in [-0.4, -0.2) is 27.3 Å². The van der Waals surface area contributed by atoms with E-state index in [0.717, 1.165) is 10.6 Å². The van der Waals surface area contributed by atoms with Crippen molar-refractivity contribution in [2.75, 3.05) is 5.32 Å². The number of aliphatic carboxylic acids is 1. The molecule has 0 spiro atoms. The summed E-state index contributed by atoms with van der Waals surface area (Å²) in [5, 5.41) is 21.4. The molecule has 2 heterocycles. The van der Waals surface area contributed by atoms with Crippen molar-refractivity contribution in [1.82, 2.24) is 10.2 Å². The molecule has 0 bridgehead atoms. The number of aromatic nitrogens is 2. The molecule has 6 heteroatoms. The maximum absolute atomic E-state index is 10.6. The summed E-state index contributed by atoms with van der Waals surface area (Å²) >= 11 is 1.58. The van der Waals surface area contributed by atoms with Crippen molar-refractivity contribution in [3.63, 3.8) is 0 Å². The molecular weight excluding hydrogens is 238 g/mol. The summed E-state index contributed by atoms with van der Waals surface area (Å²) in [4.78, 5) is 11.7. The number of hydrogen-bond donors (Lipinski definition) is 2. The van der Waals surface area contributed by atoms with Crippen LogP contribution in [0.5, 0.6) is 0 Å². The Morgan fingerprint density at radius 3 is 2.76 bits per heavy atom. The highest BCUT2D eigenvalue weighted by atomic mass is 32.1. The molecule has 1 unspecified atom stereocenters. The fraction of sp³-hybridized carbons (Fsp3) is 0.182. The molecular formula is C11H11N3O2S. The lowest BCUT2D eigenvalue weighted by atomic mass is 10.3. The Balaban J connectivity index is 2.11. The van der Waals surface area contributed by atoms with E-state index in [1.165, 1.54) is 0 Å². The SMILES string of the molecule is CC(Nc1ccc(-c2cccs2)nn1)C(=O)O. The van der Waals surface area contributed by atoms with E-state index < -0.39 is 12.0 Å². The highest BCUT2D eigenvalue weighted by Gasteiger charge is 2.11. The summed E-state index contributed by atoms with van der Waals surface area (Å²) in [5.74, 6) is -0.464. The van der Waals surface area contributed by atoms with Gasteiger partial charge >= 0.3 is 5.97 Å². The molecule has 2 N–H and O–H groups in total. The molecule has 0 aromatic carbocycles. The molecule has 2 rings (SSSR count). The number of rotatable bonds is 4. The van der Waals surface area contributed by atoms with E-state index in [0.29, 0.717) is 5.82 Å². The molecule has 0 aliphatic heterocycles. The van der Waals surface area contributed by atoms with Crippen molar-refractivity contribution < 1.29 is 9.90 Å². The van der Waals surface area contributed by atoms with Crippen LogP contribution in [0, 0.1) is 0 Å². The van der Waals surface area contributed by atoms with E-state index >= 15 is 0 Å². The number of carboxylic acids is 1. The van der Waals surface area contributed by atoms with Gasteiger partial charge in [-0.2, -0.15) is 0 Å². The third kappa shape index (κ3) is 2.79. The van der Waals surface area contributed by atoms with Crippen molar-refractivity contribution in [2.24, 2.45) is 0 Å². The van der Waals surface area contributed by atoms with Gasteiger partial charge in [0.15, 0.2) is 0 Å². The Morgan fingerprint density at radius 1 is 1.41 bits per heavy atom. The van der Waals surface area contributed by atoms with Gasteiger partial charge in [0, 0.05) is 0 Å². The Labute approximate surface area is 102 Å². The second kappa shape index (κ2) is 4.92. The Bertz CT molecular complexity index is 496. The van der Waals surface area contributed by atoms with Crippen LogP contribution in [-0.2, 0) is 4.79 Å². The number of carbonyl (C=O) groups is 1. The molecule has 1 atom stereocenters. The van der Waals surface area contributed by atoms with E-state index in [-0.39, 0.29) is 0 Å². The first kappa shape index (κ1) is 11.5. The van der Waals surface area contributed by atoms with Gasteiger partial charge in [-0.1, -0.05) is 6.07 Å². The Morgan fingerprint density at radius 2 is 2.24 bits per heavy atom. The zero-order valence-electron chi connectivity index (χ0n) is 9.12. The van der Waals surface area contributed by atoms with E-state index in [2.05, 4.69) is 15.5 Å². The molecule has 0 fully saturated rings. The first-order valence-corrected chi connectivity index (χ1v) is 5.92. The predicted molar refractivity (Wildman–Crippen MR) is 66.1 cm³/mol. The summed E-state index contributed by atoms with van der Waals surface area (Å²) in [5.41, 5.74) is 0.786. The summed E-state index contributed by atoms with van der Waals surface area (Å²) in [7, 11) is 0. The van der Waals surface area contributed by atoms with Crippen LogP contribution in [0.3, 0.4) is 0 Å². The molecule has 5 nitrogen and oxygen atoms in total. The molecule has 0 radical (unpaired) electrons. The number of thiophene rings is 1. The second-order valence-electron chi connectivity index (χ2n) is 3.49. The molecule has 2 aromatic rings. The maximum atomic E-state index is 10.6. The lowest BCUT2D eigenvalue weighted by Crippen LogP contribution is -2.25. The third-order valence-corrected chi connectivity index (χ3v) is 3.07. The van der Waals surface area contributed by atoms with Gasteiger partial charge < -0.3 is 10.4 Å². The van der Waals surface area contributed by atoms with Crippen molar-refractivity contribution in [1.29, 1.82) is 0 Å². The highest BCUT2D eigenvalue weighted by molar-refractivity contribution is 7.13. The van der Waals surface area contributed by atoms with E-state index in [1.54, 1.807) is 24.3 Å². The van der Waals surface area contributed by atoms with Gasteiger partial charge in [-0.15, -0.1) is 21.5 Å². The second-order valence-corrected chi connectivity index (χ2v) is 4.43. The van der Waals surface area contributed by atoms with Crippen molar-refractivity contribution in [2.45, 2.75) is 13.0 Å². The van der Waals surface area contributed by atoms with Gasteiger partial charge in [0.25, 0.3) is 0 Å². The van der Waals surface area contributed by atoms with Crippen LogP contribution >= 0.6 is 11.3 Å². The predicted octanol–water partition coefficient (Wildman–Crippen LogP) is 2.09. The Hall–Kier alpha value is -1.95. The van der Waals surface area contributed by atoms with Gasteiger partial charge in [0.2, 0.25) is 0 Å². The lowest BCUT2D eigenvalue weighted by Gasteiger charge is -2.08. The molecule has 17 heavy (non-hydrogen) atoms. The van der Waals surface area contributed by atoms with Crippen molar-refractivity contribution in [3.05, 3.63) is 29.6 Å². The number of nitrogens with one attached hydrogen (secondary N) is 1. The van der Waals surface area contributed by atoms with Gasteiger partial charge in [-0.3, -0.25) is 4.79 Å². The first-order chi connectivity index (χ1) is 8.16. The normalized spacial score (nSPS) is 12.1. The fourth-order valence-corrected chi connectivity index (χ4v) is 1.94. The average Bonchev–Trinajstić information content (AvgIpc) is 2.83. The lowest BCUT2D eigenvalue weighted by molar-refractivity contribution is -0.137. The van der Waals surface area contributed by atoms with Crippen LogP contribution < -0.4 is 5.32 Å². The van der Waals surface area contributed by atoms with Gasteiger partial charge in [0.1, 0.15) is 17.6 Å². The van der Waals surface area contributed by atoms with Gasteiger partial charge in [-0.25, -0.2) is 0 Å². The zero-order valence-corrected chi connectivity index (χ0v) is 9.94. The molecule has 0 aliphatic rings. The summed E-state index contributed by atoms with van der Waals surface area (Å²) in [6, 6.07) is 6.76. The van der Waals surface area contributed by atoms with Crippen LogP contribution in [0.4, 0.5) is 5.82 Å². The largest absolute Gasteiger partial charge is 0.480 e. The van der Waals surface area contributed by atoms with Crippen molar-refractivity contribution >= 4 is 23.1 Å². The van der Waals surface area contributed by atoms with E-state index in [9.17, 15) is 4.79 Å². The smallest absolute Gasteiger partial charge is 0.325 e. The number of hydrogen-bond acceptors (Lipinski definition) is 5. The molecule has 0 amide bonds. The molecule has 0 saturated heterocycles. The molecule has 2 aromatic heterocycles.